The fourth-order valence-electron chi connectivity index (χ4n) is 2.87. The van der Waals surface area contributed by atoms with Crippen LogP contribution in [0.3, 0.4) is 0 Å². The molecule has 0 atom stereocenters. The smallest absolute Gasteiger partial charge is 0.272 e. The van der Waals surface area contributed by atoms with Crippen molar-refractivity contribution in [1.82, 2.24) is 9.97 Å². The molecule has 0 amide bonds. The van der Waals surface area contributed by atoms with Gasteiger partial charge < -0.3 is 19.9 Å². The monoisotopic (exact) mass is 457 g/mol. The lowest BCUT2D eigenvalue weighted by atomic mass is 10.1. The third-order valence-corrected chi connectivity index (χ3v) is 5.83. The topological polar surface area (TPSA) is 178 Å². The summed E-state index contributed by atoms with van der Waals surface area (Å²) < 4.78 is 27.5. The molecule has 2 aromatic heterocycles. The maximum Gasteiger partial charge on any atom is 0.272 e. The van der Waals surface area contributed by atoms with Gasteiger partial charge in [0.15, 0.2) is 0 Å². The zero-order valence-electron chi connectivity index (χ0n) is 16.6. The Balaban J connectivity index is 0.000000523. The summed E-state index contributed by atoms with van der Waals surface area (Å²) in [5.41, 5.74) is 0.818. The molecule has 0 fully saturated rings. The SMILES string of the molecule is CCC(=O)[O-].O=c1[nH]c2ccc(NS(=O)(=O)c3ccc([N+](=O)[O-])cc3)cc2c2cc[nH]c12. The molecule has 11 nitrogen and oxygen atoms in total. The molecule has 0 saturated carbocycles. The summed E-state index contributed by atoms with van der Waals surface area (Å²) in [5.74, 6) is -0.995. The van der Waals surface area contributed by atoms with E-state index in [-0.39, 0.29) is 22.6 Å². The summed E-state index contributed by atoms with van der Waals surface area (Å²) >= 11 is 0. The van der Waals surface area contributed by atoms with Crippen LogP contribution in [0.1, 0.15) is 13.3 Å². The van der Waals surface area contributed by atoms with Gasteiger partial charge in [-0.2, -0.15) is 0 Å². The van der Waals surface area contributed by atoms with Gasteiger partial charge in [-0.05, 0) is 42.8 Å². The summed E-state index contributed by atoms with van der Waals surface area (Å²) in [4.78, 5) is 36.8. The summed E-state index contributed by atoms with van der Waals surface area (Å²) in [7, 11) is -3.92. The summed E-state index contributed by atoms with van der Waals surface area (Å²) in [6, 6.07) is 11.1. The first kappa shape index (κ1) is 22.5. The maximum atomic E-state index is 12.5. The number of aliphatic carboxylic acids is 1. The molecule has 4 aromatic rings. The van der Waals surface area contributed by atoms with Crippen LogP contribution in [0.15, 0.2) is 64.4 Å². The van der Waals surface area contributed by atoms with Gasteiger partial charge in [0, 0.05) is 46.3 Å². The van der Waals surface area contributed by atoms with Crippen molar-refractivity contribution in [3.63, 3.8) is 0 Å². The van der Waals surface area contributed by atoms with Crippen LogP contribution in [-0.2, 0) is 14.8 Å². The number of rotatable bonds is 5. The molecule has 3 N–H and O–H groups in total. The van der Waals surface area contributed by atoms with Crippen LogP contribution in [0.25, 0.3) is 21.8 Å². The Labute approximate surface area is 180 Å². The molecular formula is C20H17N4O7S-. The van der Waals surface area contributed by atoms with Crippen molar-refractivity contribution >= 4 is 49.2 Å². The van der Waals surface area contributed by atoms with E-state index in [0.29, 0.717) is 27.5 Å². The van der Waals surface area contributed by atoms with E-state index in [2.05, 4.69) is 14.7 Å². The number of sulfonamides is 1. The molecule has 12 heteroatoms. The Bertz CT molecular complexity index is 1470. The quantitative estimate of drug-likeness (QED) is 0.302. The minimum absolute atomic E-state index is 0.0959. The number of nitrogens with one attached hydrogen (secondary N) is 3. The molecular weight excluding hydrogens is 440 g/mol. The van der Waals surface area contributed by atoms with Gasteiger partial charge in [0.1, 0.15) is 5.52 Å². The lowest BCUT2D eigenvalue weighted by Crippen LogP contribution is -2.19. The van der Waals surface area contributed by atoms with Gasteiger partial charge in [0.25, 0.3) is 21.3 Å². The number of hydrogen-bond acceptors (Lipinski definition) is 7. The highest BCUT2D eigenvalue weighted by Crippen LogP contribution is 2.25. The van der Waals surface area contributed by atoms with Crippen molar-refractivity contribution < 1.29 is 23.2 Å². The number of aromatic amines is 2. The highest BCUT2D eigenvalue weighted by molar-refractivity contribution is 7.92. The molecule has 4 rings (SSSR count). The van der Waals surface area contributed by atoms with Crippen molar-refractivity contribution in [2.45, 2.75) is 18.2 Å². The number of carbonyl (C=O) groups excluding carboxylic acids is 1. The Morgan fingerprint density at radius 3 is 2.34 bits per heavy atom. The molecule has 0 bridgehead atoms. The number of H-pyrrole nitrogens is 2. The number of nitro benzene ring substituents is 1. The first-order chi connectivity index (χ1) is 15.1. The van der Waals surface area contributed by atoms with Crippen LogP contribution in [0.5, 0.6) is 0 Å². The first-order valence-electron chi connectivity index (χ1n) is 9.22. The van der Waals surface area contributed by atoms with Crippen LogP contribution < -0.4 is 15.4 Å². The highest BCUT2D eigenvalue weighted by Gasteiger charge is 2.17. The predicted molar refractivity (Wildman–Crippen MR) is 116 cm³/mol. The Morgan fingerprint density at radius 2 is 1.75 bits per heavy atom. The fourth-order valence-corrected chi connectivity index (χ4v) is 3.92. The van der Waals surface area contributed by atoms with E-state index in [9.17, 15) is 33.2 Å². The van der Waals surface area contributed by atoms with Gasteiger partial charge in [-0.1, -0.05) is 6.92 Å². The van der Waals surface area contributed by atoms with Crippen LogP contribution >= 0.6 is 0 Å². The number of nitro groups is 1. The van der Waals surface area contributed by atoms with E-state index < -0.39 is 20.9 Å². The molecule has 0 unspecified atom stereocenters. The zero-order chi connectivity index (χ0) is 23.5. The Morgan fingerprint density at radius 1 is 1.09 bits per heavy atom. The number of carboxylic acid groups (broad SMARTS) is 1. The average Bonchev–Trinajstić information content (AvgIpc) is 3.25. The number of aromatic nitrogens is 2. The maximum absolute atomic E-state index is 12.5. The first-order valence-corrected chi connectivity index (χ1v) is 10.7. The van der Waals surface area contributed by atoms with E-state index in [0.717, 1.165) is 12.1 Å². The van der Waals surface area contributed by atoms with Crippen molar-refractivity contribution in [1.29, 1.82) is 0 Å². The van der Waals surface area contributed by atoms with Crippen LogP contribution in [-0.4, -0.2) is 29.3 Å². The lowest BCUT2D eigenvalue weighted by Gasteiger charge is -2.09. The number of fused-ring (bicyclic) bond motifs is 3. The van der Waals surface area contributed by atoms with E-state index in [1.165, 1.54) is 25.1 Å². The lowest BCUT2D eigenvalue weighted by molar-refractivity contribution is -0.384. The number of nitrogens with zero attached hydrogens (tertiary/aromatic N) is 1. The molecule has 0 radical (unpaired) electrons. The third kappa shape index (κ3) is 4.75. The van der Waals surface area contributed by atoms with Gasteiger partial charge in [-0.3, -0.25) is 19.6 Å². The van der Waals surface area contributed by atoms with E-state index in [1.54, 1.807) is 24.4 Å². The number of carboxylic acids is 1. The number of hydrogen-bond donors (Lipinski definition) is 3. The number of benzene rings is 2. The normalized spacial score (nSPS) is 11.0. The molecule has 0 saturated heterocycles. The second-order valence-electron chi connectivity index (χ2n) is 6.56. The van der Waals surface area contributed by atoms with E-state index >= 15 is 0 Å². The number of anilines is 1. The van der Waals surface area contributed by atoms with Gasteiger partial charge in [0.2, 0.25) is 0 Å². The van der Waals surface area contributed by atoms with Gasteiger partial charge in [-0.25, -0.2) is 8.42 Å². The van der Waals surface area contributed by atoms with E-state index in [1.807, 2.05) is 0 Å². The Kier molecular flexibility index (Phi) is 6.25. The zero-order valence-corrected chi connectivity index (χ0v) is 17.4. The average molecular weight is 457 g/mol. The summed E-state index contributed by atoms with van der Waals surface area (Å²) in [6.07, 6.45) is 1.74. The molecule has 0 aliphatic heterocycles. The van der Waals surface area contributed by atoms with Crippen LogP contribution in [0.2, 0.25) is 0 Å². The van der Waals surface area contributed by atoms with Gasteiger partial charge in [-0.15, -0.1) is 0 Å². The molecule has 32 heavy (non-hydrogen) atoms. The highest BCUT2D eigenvalue weighted by atomic mass is 32.2. The van der Waals surface area contributed by atoms with Crippen molar-refractivity contribution in [3.05, 3.63) is 75.2 Å². The summed E-state index contributed by atoms with van der Waals surface area (Å²) in [6.45, 7) is 1.54. The molecule has 0 spiro atoms. The fraction of sp³-hybridized carbons (Fsp3) is 0.100. The van der Waals surface area contributed by atoms with Crippen molar-refractivity contribution in [2.75, 3.05) is 4.72 Å². The standard InChI is InChI=1S/C17H12N4O5S.C3H6O2/c22-17-16-13(7-8-18-16)14-9-10(1-6-15(14)19-17)20-27(25,26)12-4-2-11(3-5-12)21(23)24;1-2-3(4)5/h1-9,18,20H,(H,19,22);2H2,1H3,(H,4,5)/p-1. The van der Waals surface area contributed by atoms with Crippen LogP contribution in [0.4, 0.5) is 11.4 Å². The van der Waals surface area contributed by atoms with Crippen molar-refractivity contribution in [3.8, 4) is 0 Å². The predicted octanol–water partition coefficient (Wildman–Crippen LogP) is 1.86. The number of carbonyl (C=O) groups is 1. The largest absolute Gasteiger partial charge is 0.550 e. The molecule has 2 heterocycles. The second kappa shape index (κ2) is 8.89. The molecule has 166 valence electrons. The molecule has 0 aliphatic rings. The number of pyridine rings is 1. The van der Waals surface area contributed by atoms with Crippen molar-refractivity contribution in [2.24, 2.45) is 0 Å². The van der Waals surface area contributed by atoms with Gasteiger partial charge in [0.05, 0.1) is 9.82 Å². The number of non-ortho nitro benzene ring substituents is 1. The second-order valence-corrected chi connectivity index (χ2v) is 8.25. The van der Waals surface area contributed by atoms with E-state index in [4.69, 9.17) is 0 Å². The third-order valence-electron chi connectivity index (χ3n) is 4.43. The molecule has 0 aliphatic carbocycles. The van der Waals surface area contributed by atoms with Crippen LogP contribution in [0, 0.1) is 10.1 Å². The molecule has 2 aromatic carbocycles. The van der Waals surface area contributed by atoms with Gasteiger partial charge >= 0.3 is 0 Å². The summed E-state index contributed by atoms with van der Waals surface area (Å²) in [5, 5.41) is 21.3. The minimum Gasteiger partial charge on any atom is -0.550 e. The Hall–Kier alpha value is -4.19. The minimum atomic E-state index is -3.92.